The topological polar surface area (TPSA) is 29.3 Å². The Morgan fingerprint density at radius 2 is 2.00 bits per heavy atom. The van der Waals surface area contributed by atoms with Gasteiger partial charge in [-0.25, -0.2) is 4.39 Å². The average Bonchev–Trinajstić information content (AvgIpc) is 2.46. The van der Waals surface area contributed by atoms with Gasteiger partial charge in [-0.3, -0.25) is 0 Å². The van der Waals surface area contributed by atoms with Gasteiger partial charge in [0.05, 0.1) is 0 Å². The molecule has 1 aliphatic heterocycles. The van der Waals surface area contributed by atoms with Gasteiger partial charge < -0.3 is 10.6 Å². The Morgan fingerprint density at radius 1 is 1.24 bits per heavy atom. The standard InChI is InChI=1S/C18H27FN2/c1-13(20)11-15-12-16(19)8-9-18(15)21-10-4-6-14-5-2-3-7-17(14)21/h8-9,12-14,17H,2-7,10-11,20H2,1H3/t13?,14-,17-/m1/s1. The predicted octanol–water partition coefficient (Wildman–Crippen LogP) is 3.87. The Balaban J connectivity index is 1.90. The van der Waals surface area contributed by atoms with Crippen LogP contribution in [0.5, 0.6) is 0 Å². The summed E-state index contributed by atoms with van der Waals surface area (Å²) in [7, 11) is 0. The van der Waals surface area contributed by atoms with E-state index in [0.717, 1.165) is 24.4 Å². The van der Waals surface area contributed by atoms with E-state index in [-0.39, 0.29) is 11.9 Å². The summed E-state index contributed by atoms with van der Waals surface area (Å²) in [4.78, 5) is 2.56. The number of rotatable bonds is 3. The highest BCUT2D eigenvalue weighted by Crippen LogP contribution is 2.39. The zero-order valence-corrected chi connectivity index (χ0v) is 13.0. The smallest absolute Gasteiger partial charge is 0.123 e. The van der Waals surface area contributed by atoms with Crippen molar-refractivity contribution < 1.29 is 4.39 Å². The monoisotopic (exact) mass is 290 g/mol. The second-order valence-corrected chi connectivity index (χ2v) is 6.90. The van der Waals surface area contributed by atoms with Crippen molar-refractivity contribution in [2.24, 2.45) is 11.7 Å². The van der Waals surface area contributed by atoms with Crippen LogP contribution in [0.1, 0.15) is 51.0 Å². The van der Waals surface area contributed by atoms with E-state index in [1.54, 1.807) is 12.1 Å². The Bertz CT molecular complexity index is 484. The number of piperidine rings is 1. The molecule has 2 N–H and O–H groups in total. The molecule has 2 fully saturated rings. The second kappa shape index (κ2) is 6.35. The predicted molar refractivity (Wildman–Crippen MR) is 86.1 cm³/mol. The van der Waals surface area contributed by atoms with Crippen molar-refractivity contribution in [3.63, 3.8) is 0 Å². The molecular weight excluding hydrogens is 263 g/mol. The molecule has 3 rings (SSSR count). The minimum atomic E-state index is -0.147. The first-order valence-electron chi connectivity index (χ1n) is 8.46. The normalized spacial score (nSPS) is 27.3. The van der Waals surface area contributed by atoms with E-state index in [4.69, 9.17) is 5.73 Å². The second-order valence-electron chi connectivity index (χ2n) is 6.90. The fourth-order valence-electron chi connectivity index (χ4n) is 4.27. The van der Waals surface area contributed by atoms with Gasteiger partial charge in [0.2, 0.25) is 0 Å². The molecule has 3 atom stereocenters. The van der Waals surface area contributed by atoms with Crippen LogP contribution in [0.15, 0.2) is 18.2 Å². The zero-order valence-electron chi connectivity index (χ0n) is 13.0. The Hall–Kier alpha value is -1.09. The lowest BCUT2D eigenvalue weighted by molar-refractivity contribution is 0.243. The van der Waals surface area contributed by atoms with Crippen LogP contribution >= 0.6 is 0 Å². The fourth-order valence-corrected chi connectivity index (χ4v) is 4.27. The third-order valence-corrected chi connectivity index (χ3v) is 5.14. The quantitative estimate of drug-likeness (QED) is 0.915. The van der Waals surface area contributed by atoms with Crippen LogP contribution in [-0.4, -0.2) is 18.6 Å². The molecule has 1 aliphatic carbocycles. The molecule has 1 saturated heterocycles. The molecule has 1 unspecified atom stereocenters. The summed E-state index contributed by atoms with van der Waals surface area (Å²) < 4.78 is 13.6. The van der Waals surface area contributed by atoms with Gasteiger partial charge in [0.25, 0.3) is 0 Å². The molecule has 116 valence electrons. The molecule has 1 aromatic rings. The van der Waals surface area contributed by atoms with Crippen LogP contribution in [0.2, 0.25) is 0 Å². The van der Waals surface area contributed by atoms with E-state index in [1.165, 1.54) is 44.2 Å². The van der Waals surface area contributed by atoms with Crippen LogP contribution < -0.4 is 10.6 Å². The summed E-state index contributed by atoms with van der Waals surface area (Å²) in [6.45, 7) is 3.10. The Morgan fingerprint density at radius 3 is 2.81 bits per heavy atom. The number of nitrogens with two attached hydrogens (primary N) is 1. The lowest BCUT2D eigenvalue weighted by atomic mass is 9.78. The maximum atomic E-state index is 13.6. The van der Waals surface area contributed by atoms with Crippen molar-refractivity contribution in [3.8, 4) is 0 Å². The number of halogens is 1. The van der Waals surface area contributed by atoms with Gasteiger partial charge in [0.1, 0.15) is 5.82 Å². The molecule has 1 heterocycles. The van der Waals surface area contributed by atoms with Crippen LogP contribution in [0, 0.1) is 11.7 Å². The number of hydrogen-bond donors (Lipinski definition) is 1. The fraction of sp³-hybridized carbons (Fsp3) is 0.667. The van der Waals surface area contributed by atoms with Crippen molar-refractivity contribution in [2.45, 2.75) is 64.0 Å². The highest BCUT2D eigenvalue weighted by atomic mass is 19.1. The minimum Gasteiger partial charge on any atom is -0.368 e. The number of fused-ring (bicyclic) bond motifs is 1. The highest BCUT2D eigenvalue weighted by molar-refractivity contribution is 5.55. The molecule has 0 radical (unpaired) electrons. The summed E-state index contributed by atoms with van der Waals surface area (Å²) in [5, 5.41) is 0. The molecule has 0 bridgehead atoms. The molecule has 2 aliphatic rings. The van der Waals surface area contributed by atoms with Crippen molar-refractivity contribution in [1.29, 1.82) is 0 Å². The lowest BCUT2D eigenvalue weighted by Gasteiger charge is -2.46. The first-order valence-corrected chi connectivity index (χ1v) is 8.46. The molecule has 0 aromatic heterocycles. The van der Waals surface area contributed by atoms with Gasteiger partial charge in [-0.2, -0.15) is 0 Å². The van der Waals surface area contributed by atoms with E-state index < -0.39 is 0 Å². The molecule has 2 nitrogen and oxygen atoms in total. The maximum absolute atomic E-state index is 13.6. The van der Waals surface area contributed by atoms with E-state index in [9.17, 15) is 4.39 Å². The molecule has 1 aromatic carbocycles. The van der Waals surface area contributed by atoms with Crippen LogP contribution in [0.4, 0.5) is 10.1 Å². The molecule has 3 heteroatoms. The number of hydrogen-bond acceptors (Lipinski definition) is 2. The van der Waals surface area contributed by atoms with E-state index >= 15 is 0 Å². The van der Waals surface area contributed by atoms with Gasteiger partial charge in [-0.15, -0.1) is 0 Å². The van der Waals surface area contributed by atoms with Gasteiger partial charge >= 0.3 is 0 Å². The van der Waals surface area contributed by atoms with Gasteiger partial charge in [-0.05, 0) is 68.7 Å². The van der Waals surface area contributed by atoms with Gasteiger partial charge in [-0.1, -0.05) is 12.8 Å². The van der Waals surface area contributed by atoms with E-state index in [0.29, 0.717) is 6.04 Å². The molecule has 1 saturated carbocycles. The third kappa shape index (κ3) is 3.23. The first-order chi connectivity index (χ1) is 10.1. The summed E-state index contributed by atoms with van der Waals surface area (Å²) in [5.74, 6) is 0.687. The lowest BCUT2D eigenvalue weighted by Crippen LogP contribution is -2.47. The number of benzene rings is 1. The first kappa shape index (κ1) is 14.8. The highest BCUT2D eigenvalue weighted by Gasteiger charge is 2.34. The van der Waals surface area contributed by atoms with Gasteiger partial charge in [0, 0.05) is 24.3 Å². The van der Waals surface area contributed by atoms with Crippen LogP contribution in [0.25, 0.3) is 0 Å². The largest absolute Gasteiger partial charge is 0.368 e. The van der Waals surface area contributed by atoms with Crippen molar-refractivity contribution in [2.75, 3.05) is 11.4 Å². The summed E-state index contributed by atoms with van der Waals surface area (Å²) in [5.41, 5.74) is 8.27. The minimum absolute atomic E-state index is 0.0671. The molecule has 21 heavy (non-hydrogen) atoms. The Kier molecular flexibility index (Phi) is 4.48. The average molecular weight is 290 g/mol. The van der Waals surface area contributed by atoms with Crippen molar-refractivity contribution in [1.82, 2.24) is 0 Å². The third-order valence-electron chi connectivity index (χ3n) is 5.14. The molecule has 0 amide bonds. The van der Waals surface area contributed by atoms with E-state index in [2.05, 4.69) is 4.90 Å². The van der Waals surface area contributed by atoms with Crippen LogP contribution in [0.3, 0.4) is 0 Å². The number of nitrogens with zero attached hydrogens (tertiary/aromatic N) is 1. The zero-order chi connectivity index (χ0) is 14.8. The summed E-state index contributed by atoms with van der Waals surface area (Å²) in [6, 6.07) is 5.99. The van der Waals surface area contributed by atoms with Crippen molar-refractivity contribution in [3.05, 3.63) is 29.6 Å². The van der Waals surface area contributed by atoms with Crippen LogP contribution in [-0.2, 0) is 6.42 Å². The summed E-state index contributed by atoms with van der Waals surface area (Å²) in [6.07, 6.45) is 8.75. The Labute approximate surface area is 127 Å². The SMILES string of the molecule is CC(N)Cc1cc(F)ccc1N1CCC[C@H]2CCCC[C@H]21. The molecule has 0 spiro atoms. The maximum Gasteiger partial charge on any atom is 0.123 e. The summed E-state index contributed by atoms with van der Waals surface area (Å²) >= 11 is 0. The van der Waals surface area contributed by atoms with Gasteiger partial charge in [0.15, 0.2) is 0 Å². The number of anilines is 1. The molecular formula is C18H27FN2. The van der Waals surface area contributed by atoms with E-state index in [1.807, 2.05) is 13.0 Å². The van der Waals surface area contributed by atoms with Crippen molar-refractivity contribution >= 4 is 5.69 Å².